The van der Waals surface area contributed by atoms with Crippen LogP contribution in [0.2, 0.25) is 0 Å². The molecule has 5 rings (SSSR count). The van der Waals surface area contributed by atoms with Crippen molar-refractivity contribution in [1.82, 2.24) is 35.0 Å². The normalized spacial score (nSPS) is 14.1. The van der Waals surface area contributed by atoms with Crippen LogP contribution in [0, 0.1) is 0 Å². The molecule has 0 bridgehead atoms. The van der Waals surface area contributed by atoms with Crippen molar-refractivity contribution in [3.63, 3.8) is 0 Å². The monoisotopic (exact) mass is 402 g/mol. The van der Waals surface area contributed by atoms with Crippen molar-refractivity contribution >= 4 is 11.7 Å². The maximum atomic E-state index is 12.8. The lowest BCUT2D eigenvalue weighted by Crippen LogP contribution is -2.49. The quantitative estimate of drug-likeness (QED) is 0.508. The van der Waals surface area contributed by atoms with Crippen molar-refractivity contribution in [3.05, 3.63) is 66.9 Å². The van der Waals surface area contributed by atoms with Crippen molar-refractivity contribution < 1.29 is 9.32 Å². The van der Waals surface area contributed by atoms with Gasteiger partial charge in [-0.05, 0) is 30.3 Å². The molecule has 4 aromatic rings. The number of rotatable bonds is 4. The first-order valence-electron chi connectivity index (χ1n) is 9.53. The maximum Gasteiger partial charge on any atom is 0.276 e. The standard InChI is InChI=1S/C20H18N8O2/c29-20(16-13-17(30-25-16)15-3-1-6-21-14-15)27-11-9-26(10-12-27)18-4-5-19(24-23-18)28-8-2-7-22-28/h1-8,13-14H,9-12H2. The second kappa shape index (κ2) is 7.74. The summed E-state index contributed by atoms with van der Waals surface area (Å²) >= 11 is 0. The number of anilines is 1. The summed E-state index contributed by atoms with van der Waals surface area (Å²) in [5, 5.41) is 16.6. The molecule has 0 unspecified atom stereocenters. The molecule has 1 saturated heterocycles. The summed E-state index contributed by atoms with van der Waals surface area (Å²) in [6.45, 7) is 2.46. The van der Waals surface area contributed by atoms with Gasteiger partial charge in [-0.1, -0.05) is 5.16 Å². The van der Waals surface area contributed by atoms with Gasteiger partial charge in [-0.2, -0.15) is 5.10 Å². The molecule has 0 spiro atoms. The lowest BCUT2D eigenvalue weighted by molar-refractivity contribution is 0.0736. The first kappa shape index (κ1) is 18.0. The Morgan fingerprint density at radius 1 is 0.967 bits per heavy atom. The molecular formula is C20H18N8O2. The van der Waals surface area contributed by atoms with E-state index in [2.05, 4.69) is 30.3 Å². The molecule has 10 nitrogen and oxygen atoms in total. The molecule has 0 aromatic carbocycles. The molecule has 1 fully saturated rings. The van der Waals surface area contributed by atoms with E-state index in [1.54, 1.807) is 34.2 Å². The van der Waals surface area contributed by atoms with E-state index in [1.807, 2.05) is 36.5 Å². The third-order valence-corrected chi connectivity index (χ3v) is 4.94. The molecule has 0 N–H and O–H groups in total. The lowest BCUT2D eigenvalue weighted by Gasteiger charge is -2.34. The SMILES string of the molecule is O=C(c1cc(-c2cccnc2)on1)N1CCN(c2ccc(-n3cccn3)nn2)CC1. The highest BCUT2D eigenvalue weighted by Gasteiger charge is 2.25. The van der Waals surface area contributed by atoms with Gasteiger partial charge in [-0.25, -0.2) is 4.68 Å². The number of hydrogen-bond donors (Lipinski definition) is 0. The Labute approximate surface area is 171 Å². The van der Waals surface area contributed by atoms with Gasteiger partial charge in [0, 0.05) is 62.6 Å². The average molecular weight is 402 g/mol. The molecule has 4 aromatic heterocycles. The van der Waals surface area contributed by atoms with Crippen LogP contribution in [0.5, 0.6) is 0 Å². The lowest BCUT2D eigenvalue weighted by atomic mass is 10.2. The van der Waals surface area contributed by atoms with Crippen LogP contribution in [0.25, 0.3) is 17.1 Å². The van der Waals surface area contributed by atoms with E-state index in [0.29, 0.717) is 43.5 Å². The van der Waals surface area contributed by atoms with Gasteiger partial charge < -0.3 is 14.3 Å². The zero-order valence-electron chi connectivity index (χ0n) is 16.0. The third-order valence-electron chi connectivity index (χ3n) is 4.94. The molecule has 150 valence electrons. The van der Waals surface area contributed by atoms with Gasteiger partial charge in [0.2, 0.25) is 0 Å². The van der Waals surface area contributed by atoms with E-state index >= 15 is 0 Å². The topological polar surface area (TPSA) is 106 Å². The Balaban J connectivity index is 1.22. The molecule has 0 atom stereocenters. The average Bonchev–Trinajstić information content (AvgIpc) is 3.52. The van der Waals surface area contributed by atoms with E-state index in [0.717, 1.165) is 11.4 Å². The Morgan fingerprint density at radius 2 is 1.80 bits per heavy atom. The summed E-state index contributed by atoms with van der Waals surface area (Å²) in [7, 11) is 0. The van der Waals surface area contributed by atoms with Crippen molar-refractivity contribution in [1.29, 1.82) is 0 Å². The van der Waals surface area contributed by atoms with E-state index in [4.69, 9.17) is 4.52 Å². The largest absolute Gasteiger partial charge is 0.355 e. The minimum atomic E-state index is -0.145. The van der Waals surface area contributed by atoms with Crippen LogP contribution < -0.4 is 4.90 Å². The minimum Gasteiger partial charge on any atom is -0.355 e. The number of amides is 1. The molecule has 0 aliphatic carbocycles. The van der Waals surface area contributed by atoms with E-state index in [9.17, 15) is 4.79 Å². The van der Waals surface area contributed by atoms with Crippen LogP contribution in [0.4, 0.5) is 5.82 Å². The molecular weight excluding hydrogens is 384 g/mol. The molecule has 10 heteroatoms. The highest BCUT2D eigenvalue weighted by atomic mass is 16.5. The number of piperazine rings is 1. The molecule has 5 heterocycles. The third kappa shape index (κ3) is 3.50. The second-order valence-electron chi connectivity index (χ2n) is 6.80. The Hall–Kier alpha value is -4.08. The Bertz CT molecular complexity index is 1120. The van der Waals surface area contributed by atoms with Crippen LogP contribution in [-0.4, -0.2) is 67.1 Å². The summed E-state index contributed by atoms with van der Waals surface area (Å²) in [5.74, 6) is 1.82. The van der Waals surface area contributed by atoms with Crippen molar-refractivity contribution in [2.75, 3.05) is 31.1 Å². The van der Waals surface area contributed by atoms with Crippen molar-refractivity contribution in [2.24, 2.45) is 0 Å². The van der Waals surface area contributed by atoms with Gasteiger partial charge in [0.25, 0.3) is 5.91 Å². The Kier molecular flexibility index (Phi) is 4.64. The first-order chi connectivity index (χ1) is 14.8. The predicted molar refractivity (Wildman–Crippen MR) is 107 cm³/mol. The zero-order valence-corrected chi connectivity index (χ0v) is 16.0. The molecule has 1 aliphatic heterocycles. The fraction of sp³-hybridized carbons (Fsp3) is 0.200. The predicted octanol–water partition coefficient (Wildman–Crippen LogP) is 1.67. The van der Waals surface area contributed by atoms with Gasteiger partial charge >= 0.3 is 0 Å². The minimum absolute atomic E-state index is 0.145. The van der Waals surface area contributed by atoms with Crippen molar-refractivity contribution in [3.8, 4) is 17.1 Å². The van der Waals surface area contributed by atoms with Gasteiger partial charge in [-0.15, -0.1) is 10.2 Å². The fourth-order valence-electron chi connectivity index (χ4n) is 3.33. The second-order valence-corrected chi connectivity index (χ2v) is 6.80. The summed E-state index contributed by atoms with van der Waals surface area (Å²) < 4.78 is 6.98. The number of aromatic nitrogens is 6. The summed E-state index contributed by atoms with van der Waals surface area (Å²) in [6, 6.07) is 11.0. The van der Waals surface area contributed by atoms with Crippen LogP contribution in [-0.2, 0) is 0 Å². The number of hydrogen-bond acceptors (Lipinski definition) is 8. The number of pyridine rings is 1. The van der Waals surface area contributed by atoms with Gasteiger partial charge in [0.1, 0.15) is 0 Å². The number of nitrogens with zero attached hydrogens (tertiary/aromatic N) is 8. The fourth-order valence-corrected chi connectivity index (χ4v) is 3.33. The van der Waals surface area contributed by atoms with Gasteiger partial charge in [-0.3, -0.25) is 9.78 Å². The van der Waals surface area contributed by atoms with E-state index in [1.165, 1.54) is 0 Å². The Morgan fingerprint density at radius 3 is 2.50 bits per heavy atom. The summed E-state index contributed by atoms with van der Waals surface area (Å²) in [5.41, 5.74) is 1.08. The van der Waals surface area contributed by atoms with Gasteiger partial charge in [0.15, 0.2) is 23.1 Å². The number of carbonyl (C=O) groups is 1. The highest BCUT2D eigenvalue weighted by Crippen LogP contribution is 2.21. The van der Waals surface area contributed by atoms with Crippen molar-refractivity contribution in [2.45, 2.75) is 0 Å². The highest BCUT2D eigenvalue weighted by molar-refractivity contribution is 5.93. The van der Waals surface area contributed by atoms with Crippen LogP contribution >= 0.6 is 0 Å². The van der Waals surface area contributed by atoms with Crippen LogP contribution in [0.3, 0.4) is 0 Å². The molecule has 30 heavy (non-hydrogen) atoms. The van der Waals surface area contributed by atoms with Gasteiger partial charge in [0.05, 0.1) is 0 Å². The maximum absolute atomic E-state index is 12.8. The zero-order chi connectivity index (χ0) is 20.3. The summed E-state index contributed by atoms with van der Waals surface area (Å²) in [4.78, 5) is 20.7. The van der Waals surface area contributed by atoms with E-state index in [-0.39, 0.29) is 5.91 Å². The molecule has 1 amide bonds. The molecule has 0 radical (unpaired) electrons. The summed E-state index contributed by atoms with van der Waals surface area (Å²) in [6.07, 6.45) is 6.87. The molecule has 1 aliphatic rings. The van der Waals surface area contributed by atoms with E-state index < -0.39 is 0 Å². The number of carbonyl (C=O) groups excluding carboxylic acids is 1. The van der Waals surface area contributed by atoms with Crippen LogP contribution in [0.1, 0.15) is 10.5 Å². The molecule has 0 saturated carbocycles. The first-order valence-corrected chi connectivity index (χ1v) is 9.53. The van der Waals surface area contributed by atoms with Crippen LogP contribution in [0.15, 0.2) is 65.7 Å². The smallest absolute Gasteiger partial charge is 0.276 e.